The predicted molar refractivity (Wildman–Crippen MR) is 52.6 cm³/mol. The van der Waals surface area contributed by atoms with Gasteiger partial charge in [0.15, 0.2) is 0 Å². The van der Waals surface area contributed by atoms with Crippen molar-refractivity contribution in [2.45, 2.75) is 34.1 Å². The summed E-state index contributed by atoms with van der Waals surface area (Å²) in [5, 5.41) is 0. The molecule has 0 saturated heterocycles. The van der Waals surface area contributed by atoms with Crippen molar-refractivity contribution in [3.63, 3.8) is 0 Å². The minimum Gasteiger partial charge on any atom is -0.103 e. The molecule has 0 heterocycles. The van der Waals surface area contributed by atoms with E-state index in [0.29, 0.717) is 11.8 Å². The number of rotatable bonds is 4. The van der Waals surface area contributed by atoms with Gasteiger partial charge in [0.1, 0.15) is 0 Å². The fraction of sp³-hybridized carbons (Fsp3) is 0.636. The van der Waals surface area contributed by atoms with Crippen molar-refractivity contribution in [2.24, 2.45) is 11.8 Å². The molecule has 0 radical (unpaired) electrons. The standard InChI is InChI=1S/C11H20/c1-6-11(10(4)5)8-7-9(2)3/h6-7,10-11H,1,8H2,2-5H3. The third-order valence-electron chi connectivity index (χ3n) is 1.96. The summed E-state index contributed by atoms with van der Waals surface area (Å²) < 4.78 is 0. The van der Waals surface area contributed by atoms with Crippen LogP contribution in [-0.4, -0.2) is 0 Å². The van der Waals surface area contributed by atoms with Gasteiger partial charge in [-0.3, -0.25) is 0 Å². The highest BCUT2D eigenvalue weighted by molar-refractivity contribution is 4.97. The second-order valence-electron chi connectivity index (χ2n) is 3.66. The van der Waals surface area contributed by atoms with E-state index in [9.17, 15) is 0 Å². The first kappa shape index (κ1) is 10.5. The Morgan fingerprint density at radius 2 is 1.91 bits per heavy atom. The molecule has 0 amide bonds. The molecule has 0 heteroatoms. The maximum atomic E-state index is 3.83. The van der Waals surface area contributed by atoms with Gasteiger partial charge in [-0.2, -0.15) is 0 Å². The molecule has 0 aliphatic heterocycles. The summed E-state index contributed by atoms with van der Waals surface area (Å²) in [7, 11) is 0. The van der Waals surface area contributed by atoms with E-state index in [1.807, 2.05) is 0 Å². The van der Waals surface area contributed by atoms with Crippen molar-refractivity contribution in [3.05, 3.63) is 24.3 Å². The lowest BCUT2D eigenvalue weighted by molar-refractivity contribution is 0.470. The summed E-state index contributed by atoms with van der Waals surface area (Å²) in [5.74, 6) is 1.35. The molecule has 1 atom stereocenters. The minimum atomic E-state index is 0.643. The van der Waals surface area contributed by atoms with Crippen LogP contribution in [0.4, 0.5) is 0 Å². The molecule has 64 valence electrons. The first-order chi connectivity index (χ1) is 5.07. The molecule has 0 aliphatic carbocycles. The molecule has 0 aromatic heterocycles. The van der Waals surface area contributed by atoms with Crippen molar-refractivity contribution in [1.82, 2.24) is 0 Å². The number of hydrogen-bond acceptors (Lipinski definition) is 0. The highest BCUT2D eigenvalue weighted by Gasteiger charge is 2.06. The first-order valence-corrected chi connectivity index (χ1v) is 4.33. The average molecular weight is 152 g/mol. The Labute approximate surface area is 71.0 Å². The molecule has 0 spiro atoms. The third kappa shape index (κ3) is 4.83. The Kier molecular flexibility index (Phi) is 4.93. The second kappa shape index (κ2) is 5.17. The van der Waals surface area contributed by atoms with Crippen LogP contribution in [0.25, 0.3) is 0 Å². The summed E-state index contributed by atoms with van der Waals surface area (Å²) in [4.78, 5) is 0. The smallest absolute Gasteiger partial charge is 0.0178 e. The maximum absolute atomic E-state index is 3.83. The lowest BCUT2D eigenvalue weighted by Gasteiger charge is -2.13. The molecule has 0 aliphatic rings. The topological polar surface area (TPSA) is 0 Å². The molecule has 0 nitrogen and oxygen atoms in total. The van der Waals surface area contributed by atoms with Gasteiger partial charge in [0.05, 0.1) is 0 Å². The quantitative estimate of drug-likeness (QED) is 0.537. The van der Waals surface area contributed by atoms with Gasteiger partial charge in [0.25, 0.3) is 0 Å². The Hall–Kier alpha value is -0.520. The lowest BCUT2D eigenvalue weighted by Crippen LogP contribution is -2.03. The Morgan fingerprint density at radius 3 is 2.18 bits per heavy atom. The van der Waals surface area contributed by atoms with Gasteiger partial charge in [-0.15, -0.1) is 6.58 Å². The monoisotopic (exact) mass is 152 g/mol. The molecule has 1 unspecified atom stereocenters. The largest absolute Gasteiger partial charge is 0.103 e. The van der Waals surface area contributed by atoms with E-state index in [1.54, 1.807) is 0 Å². The zero-order valence-corrected chi connectivity index (χ0v) is 8.22. The van der Waals surface area contributed by atoms with Crippen LogP contribution >= 0.6 is 0 Å². The average Bonchev–Trinajstić information content (AvgIpc) is 1.87. The zero-order valence-electron chi connectivity index (χ0n) is 8.22. The molecular weight excluding hydrogens is 132 g/mol. The second-order valence-corrected chi connectivity index (χ2v) is 3.66. The van der Waals surface area contributed by atoms with Crippen molar-refractivity contribution in [3.8, 4) is 0 Å². The summed E-state index contributed by atoms with van der Waals surface area (Å²) in [5.41, 5.74) is 1.40. The Bertz CT molecular complexity index is 136. The van der Waals surface area contributed by atoms with Crippen LogP contribution in [0.5, 0.6) is 0 Å². The van der Waals surface area contributed by atoms with E-state index in [0.717, 1.165) is 6.42 Å². The summed E-state index contributed by atoms with van der Waals surface area (Å²) >= 11 is 0. The van der Waals surface area contributed by atoms with Crippen LogP contribution in [0.3, 0.4) is 0 Å². The van der Waals surface area contributed by atoms with Gasteiger partial charge in [0.2, 0.25) is 0 Å². The first-order valence-electron chi connectivity index (χ1n) is 4.33. The maximum Gasteiger partial charge on any atom is -0.0178 e. The van der Waals surface area contributed by atoms with Crippen LogP contribution in [-0.2, 0) is 0 Å². The predicted octanol–water partition coefficient (Wildman–Crippen LogP) is 3.80. The molecule has 0 saturated carbocycles. The van der Waals surface area contributed by atoms with Gasteiger partial charge in [-0.05, 0) is 32.1 Å². The van der Waals surface area contributed by atoms with E-state index in [-0.39, 0.29) is 0 Å². The molecule has 0 N–H and O–H groups in total. The molecule has 0 fully saturated rings. The summed E-state index contributed by atoms with van der Waals surface area (Å²) in [6, 6.07) is 0. The fourth-order valence-corrected chi connectivity index (χ4v) is 1.01. The Balaban J connectivity index is 3.89. The SMILES string of the molecule is C=CC(CC=C(C)C)C(C)C. The van der Waals surface area contributed by atoms with Crippen molar-refractivity contribution in [1.29, 1.82) is 0 Å². The van der Waals surface area contributed by atoms with E-state index >= 15 is 0 Å². The molecule has 11 heavy (non-hydrogen) atoms. The highest BCUT2D eigenvalue weighted by Crippen LogP contribution is 2.17. The molecular formula is C11H20. The molecule has 0 rings (SSSR count). The van der Waals surface area contributed by atoms with E-state index in [4.69, 9.17) is 0 Å². The fourth-order valence-electron chi connectivity index (χ4n) is 1.01. The number of allylic oxidation sites excluding steroid dienone is 3. The van der Waals surface area contributed by atoms with Crippen LogP contribution in [0.15, 0.2) is 24.3 Å². The van der Waals surface area contributed by atoms with Gasteiger partial charge in [-0.1, -0.05) is 31.6 Å². The molecule has 0 aromatic rings. The summed E-state index contributed by atoms with van der Waals surface area (Å²) in [6.07, 6.45) is 5.49. The van der Waals surface area contributed by atoms with Gasteiger partial charge in [0, 0.05) is 0 Å². The van der Waals surface area contributed by atoms with Crippen LogP contribution in [0.1, 0.15) is 34.1 Å². The highest BCUT2D eigenvalue weighted by atomic mass is 14.1. The molecule has 0 bridgehead atoms. The van der Waals surface area contributed by atoms with Crippen molar-refractivity contribution in [2.75, 3.05) is 0 Å². The number of hydrogen-bond donors (Lipinski definition) is 0. The van der Waals surface area contributed by atoms with Crippen LogP contribution < -0.4 is 0 Å². The minimum absolute atomic E-state index is 0.643. The van der Waals surface area contributed by atoms with E-state index in [2.05, 4.69) is 46.4 Å². The lowest BCUT2D eigenvalue weighted by atomic mass is 9.92. The van der Waals surface area contributed by atoms with Gasteiger partial charge < -0.3 is 0 Å². The normalized spacial score (nSPS) is 12.8. The van der Waals surface area contributed by atoms with Crippen molar-refractivity contribution < 1.29 is 0 Å². The van der Waals surface area contributed by atoms with Crippen LogP contribution in [0.2, 0.25) is 0 Å². The van der Waals surface area contributed by atoms with E-state index in [1.165, 1.54) is 5.57 Å². The summed E-state index contributed by atoms with van der Waals surface area (Å²) in [6.45, 7) is 12.6. The van der Waals surface area contributed by atoms with Crippen LogP contribution in [0, 0.1) is 11.8 Å². The van der Waals surface area contributed by atoms with E-state index < -0.39 is 0 Å². The zero-order chi connectivity index (χ0) is 8.85. The third-order valence-corrected chi connectivity index (χ3v) is 1.96. The van der Waals surface area contributed by atoms with Gasteiger partial charge >= 0.3 is 0 Å². The Morgan fingerprint density at radius 1 is 1.36 bits per heavy atom. The molecule has 0 aromatic carbocycles. The van der Waals surface area contributed by atoms with Gasteiger partial charge in [-0.25, -0.2) is 0 Å². The van der Waals surface area contributed by atoms with Crippen molar-refractivity contribution >= 4 is 0 Å².